The summed E-state index contributed by atoms with van der Waals surface area (Å²) in [5, 5.41) is 15.0. The maximum Gasteiger partial charge on any atom is 0.422 e. The van der Waals surface area contributed by atoms with E-state index >= 15 is 0 Å². The van der Waals surface area contributed by atoms with Crippen molar-refractivity contribution in [2.75, 3.05) is 51.5 Å². The molecule has 3 aromatic rings. The number of carbonyl (C=O) groups excluding carboxylic acids is 1. The fraction of sp³-hybridized carbons (Fsp3) is 0.464. The van der Waals surface area contributed by atoms with Crippen molar-refractivity contribution < 1.29 is 23.1 Å². The molecule has 0 saturated carbocycles. The van der Waals surface area contributed by atoms with Gasteiger partial charge < -0.3 is 25.6 Å². The summed E-state index contributed by atoms with van der Waals surface area (Å²) in [7, 11) is 0. The monoisotopic (exact) mass is 529 g/mol. The molecule has 10 heteroatoms. The number of benzene rings is 2. The molecule has 1 unspecified atom stereocenters. The predicted molar refractivity (Wildman–Crippen MR) is 140 cm³/mol. The van der Waals surface area contributed by atoms with Crippen LogP contribution in [0.15, 0.2) is 54.7 Å². The highest BCUT2D eigenvalue weighted by atomic mass is 19.4. The largest absolute Gasteiger partial charge is 0.422 e. The number of β-amino-alcohol motifs (C(OH)–C–C–N with tert-alkyl or cyclic N) is 1. The van der Waals surface area contributed by atoms with E-state index in [4.69, 9.17) is 5.73 Å². The molecule has 38 heavy (non-hydrogen) atoms. The number of piperazine rings is 1. The Hall–Kier alpha value is -3.08. The Kier molecular flexibility index (Phi) is 7.39. The number of nitrogens with zero attached hydrogens (tertiary/aromatic N) is 3. The van der Waals surface area contributed by atoms with Gasteiger partial charge in [0.2, 0.25) is 11.5 Å². The van der Waals surface area contributed by atoms with Crippen molar-refractivity contribution in [1.82, 2.24) is 19.7 Å². The maximum atomic E-state index is 14.7. The van der Waals surface area contributed by atoms with Crippen LogP contribution in [0.25, 0.3) is 10.9 Å². The van der Waals surface area contributed by atoms with Crippen molar-refractivity contribution in [2.45, 2.75) is 31.2 Å². The molecule has 0 bridgehead atoms. The first-order valence-corrected chi connectivity index (χ1v) is 13.1. The number of nitrogens with two attached hydrogens (primary N) is 1. The fourth-order valence-electron chi connectivity index (χ4n) is 5.65. The highest BCUT2D eigenvalue weighted by Gasteiger charge is 2.57. The number of amides is 1. The van der Waals surface area contributed by atoms with E-state index in [9.17, 15) is 23.1 Å². The normalized spacial score (nSPS) is 19.5. The Morgan fingerprint density at radius 1 is 1.03 bits per heavy atom. The second kappa shape index (κ2) is 10.6. The van der Waals surface area contributed by atoms with Crippen LogP contribution in [0.4, 0.5) is 18.9 Å². The van der Waals surface area contributed by atoms with E-state index in [1.54, 1.807) is 32.6 Å². The summed E-state index contributed by atoms with van der Waals surface area (Å²) < 4.78 is 45.7. The lowest BCUT2D eigenvalue weighted by molar-refractivity contribution is -0.272. The molecule has 1 atom stereocenters. The molecule has 4 N–H and O–H groups in total. The minimum absolute atomic E-state index is 0.0295. The number of anilines is 1. The van der Waals surface area contributed by atoms with Crippen LogP contribution in [-0.4, -0.2) is 77.4 Å². The van der Waals surface area contributed by atoms with Crippen LogP contribution in [-0.2, 0) is 16.9 Å². The van der Waals surface area contributed by atoms with Crippen molar-refractivity contribution >= 4 is 22.5 Å². The van der Waals surface area contributed by atoms with Crippen LogP contribution in [0.5, 0.6) is 0 Å². The minimum atomic E-state index is -4.91. The standard InChI is InChI=1S/C28H34F3N5O2/c29-28(30,31)27(38,19-34-12-14-35(15-13-34)26(37)21-8-10-33-11-9-21)24-18-36(17-20-4-2-1-3-5-20)25-16-22(32)6-7-23(24)25/h1-7,16,18,21,33,38H,8-15,17,19,32H2. The Morgan fingerprint density at radius 2 is 1.71 bits per heavy atom. The molecule has 1 amide bonds. The van der Waals surface area contributed by atoms with Crippen LogP contribution in [0, 0.1) is 5.92 Å². The molecular weight excluding hydrogens is 495 g/mol. The number of nitrogen functional groups attached to an aromatic ring is 1. The fourth-order valence-corrected chi connectivity index (χ4v) is 5.65. The number of piperidine rings is 1. The first-order chi connectivity index (χ1) is 18.2. The van der Waals surface area contributed by atoms with Gasteiger partial charge in [-0.15, -0.1) is 0 Å². The van der Waals surface area contributed by atoms with Crippen molar-refractivity contribution in [1.29, 1.82) is 0 Å². The molecule has 5 rings (SSSR count). The van der Waals surface area contributed by atoms with Gasteiger partial charge in [0.15, 0.2) is 0 Å². The highest BCUT2D eigenvalue weighted by molar-refractivity contribution is 5.87. The van der Waals surface area contributed by atoms with Crippen molar-refractivity contribution in [3.63, 3.8) is 0 Å². The second-order valence-corrected chi connectivity index (χ2v) is 10.4. The van der Waals surface area contributed by atoms with Gasteiger partial charge in [-0.3, -0.25) is 9.69 Å². The first kappa shape index (κ1) is 26.5. The zero-order valence-electron chi connectivity index (χ0n) is 21.3. The van der Waals surface area contributed by atoms with E-state index in [1.807, 2.05) is 30.3 Å². The van der Waals surface area contributed by atoms with Crippen LogP contribution < -0.4 is 11.1 Å². The number of alkyl halides is 3. The minimum Gasteiger partial charge on any atom is -0.399 e. The molecule has 204 valence electrons. The second-order valence-electron chi connectivity index (χ2n) is 10.4. The Balaban J connectivity index is 1.40. The van der Waals surface area contributed by atoms with Crippen molar-refractivity contribution in [3.8, 4) is 0 Å². The Labute approximate surface area is 220 Å². The summed E-state index contributed by atoms with van der Waals surface area (Å²) in [6, 6.07) is 14.2. The molecule has 0 radical (unpaired) electrons. The summed E-state index contributed by atoms with van der Waals surface area (Å²) in [6.07, 6.45) is -1.95. The van der Waals surface area contributed by atoms with E-state index in [2.05, 4.69) is 5.32 Å². The van der Waals surface area contributed by atoms with Crippen LogP contribution in [0.2, 0.25) is 0 Å². The van der Waals surface area contributed by atoms with Crippen LogP contribution >= 0.6 is 0 Å². The Bertz CT molecular complexity index is 1260. The van der Waals surface area contributed by atoms with Gasteiger partial charge in [-0.25, -0.2) is 0 Å². The number of hydrogen-bond donors (Lipinski definition) is 3. The quantitative estimate of drug-likeness (QED) is 0.427. The molecular formula is C28H34F3N5O2. The van der Waals surface area contributed by atoms with Crippen molar-refractivity contribution in [2.24, 2.45) is 5.92 Å². The number of carbonyl (C=O) groups is 1. The van der Waals surface area contributed by atoms with E-state index in [0.29, 0.717) is 36.2 Å². The molecule has 1 aromatic heterocycles. The number of rotatable bonds is 6. The van der Waals surface area contributed by atoms with Crippen LogP contribution in [0.3, 0.4) is 0 Å². The van der Waals surface area contributed by atoms with E-state index < -0.39 is 18.3 Å². The first-order valence-electron chi connectivity index (χ1n) is 13.1. The number of aliphatic hydroxyl groups is 1. The average Bonchev–Trinajstić information content (AvgIpc) is 3.27. The number of fused-ring (bicyclic) bond motifs is 1. The van der Waals surface area contributed by atoms with Gasteiger partial charge >= 0.3 is 6.18 Å². The summed E-state index contributed by atoms with van der Waals surface area (Å²) in [6.45, 7) is 2.57. The molecule has 7 nitrogen and oxygen atoms in total. The Morgan fingerprint density at radius 3 is 2.37 bits per heavy atom. The highest BCUT2D eigenvalue weighted by Crippen LogP contribution is 2.43. The van der Waals surface area contributed by atoms with Crippen LogP contribution in [0.1, 0.15) is 24.0 Å². The molecule has 2 aromatic carbocycles. The zero-order chi connectivity index (χ0) is 26.9. The van der Waals surface area contributed by atoms with E-state index in [1.165, 1.54) is 6.20 Å². The molecule has 2 aliphatic heterocycles. The van der Waals surface area contributed by atoms with Gasteiger partial charge in [-0.05, 0) is 43.6 Å². The lowest BCUT2D eigenvalue weighted by atomic mass is 9.91. The van der Waals surface area contributed by atoms with E-state index in [-0.39, 0.29) is 30.5 Å². The molecule has 2 fully saturated rings. The summed E-state index contributed by atoms with van der Waals surface area (Å²) >= 11 is 0. The van der Waals surface area contributed by atoms with Gasteiger partial charge in [0.25, 0.3) is 0 Å². The SMILES string of the molecule is Nc1ccc2c(C(O)(CN3CCN(C(=O)C4CCNCC4)CC3)C(F)(F)F)cn(Cc3ccccc3)c2c1. The predicted octanol–water partition coefficient (Wildman–Crippen LogP) is 3.17. The third-order valence-electron chi connectivity index (χ3n) is 7.84. The van der Waals surface area contributed by atoms with E-state index in [0.717, 1.165) is 31.5 Å². The topological polar surface area (TPSA) is 86.8 Å². The van der Waals surface area contributed by atoms with Gasteiger partial charge in [-0.2, -0.15) is 13.2 Å². The summed E-state index contributed by atoms with van der Waals surface area (Å²) in [4.78, 5) is 16.3. The lowest BCUT2D eigenvalue weighted by Gasteiger charge is -2.41. The third kappa shape index (κ3) is 5.25. The smallest absolute Gasteiger partial charge is 0.399 e. The number of halogens is 3. The molecule has 3 heterocycles. The molecule has 0 spiro atoms. The molecule has 2 saturated heterocycles. The number of hydrogen-bond acceptors (Lipinski definition) is 5. The van der Waals surface area contributed by atoms with Crippen molar-refractivity contribution in [3.05, 3.63) is 65.9 Å². The summed E-state index contributed by atoms with van der Waals surface area (Å²) in [5.41, 5.74) is 4.59. The maximum absolute atomic E-state index is 14.7. The molecule has 0 aliphatic carbocycles. The zero-order valence-corrected chi connectivity index (χ0v) is 21.3. The van der Waals surface area contributed by atoms with Gasteiger partial charge in [0.1, 0.15) is 0 Å². The summed E-state index contributed by atoms with van der Waals surface area (Å²) in [5.74, 6) is 0.0527. The third-order valence-corrected chi connectivity index (χ3v) is 7.84. The van der Waals surface area contributed by atoms with Gasteiger partial charge in [-0.1, -0.05) is 36.4 Å². The number of aromatic nitrogens is 1. The average molecular weight is 530 g/mol. The van der Waals surface area contributed by atoms with Gasteiger partial charge in [0.05, 0.1) is 5.52 Å². The lowest BCUT2D eigenvalue weighted by Crippen LogP contribution is -2.57. The van der Waals surface area contributed by atoms with Gasteiger partial charge in [0, 0.05) is 68.0 Å². The molecule has 2 aliphatic rings. The number of nitrogens with one attached hydrogen (secondary N) is 1.